The molecule has 0 amide bonds. The minimum absolute atomic E-state index is 0.0869. The summed E-state index contributed by atoms with van der Waals surface area (Å²) < 4.78 is 35.1. The first-order chi connectivity index (χ1) is 19.6. The summed E-state index contributed by atoms with van der Waals surface area (Å²) in [5.41, 5.74) is 0.890. The van der Waals surface area contributed by atoms with Crippen LogP contribution in [0.2, 0.25) is 0 Å². The largest absolute Gasteiger partial charge is 0.463 e. The second kappa shape index (κ2) is 16.8. The smallest absolute Gasteiger partial charge is 0.330 e. The SMILES string of the molecule is C=CCOC(=O)CCCCCCCCOC(=O)/C=C(\C)CC1OCC(CC2OC2CCC(C)O)C2OC(C)(C)OC12. The van der Waals surface area contributed by atoms with Crippen LogP contribution in [0.3, 0.4) is 0 Å². The molecule has 0 aromatic carbocycles. The molecule has 0 saturated carbocycles. The van der Waals surface area contributed by atoms with Crippen molar-refractivity contribution in [3.63, 3.8) is 0 Å². The molecule has 9 heteroatoms. The van der Waals surface area contributed by atoms with Crippen LogP contribution < -0.4 is 0 Å². The Kier molecular flexibility index (Phi) is 13.8. The molecule has 41 heavy (non-hydrogen) atoms. The highest BCUT2D eigenvalue weighted by Crippen LogP contribution is 2.43. The van der Waals surface area contributed by atoms with Crippen molar-refractivity contribution in [1.82, 2.24) is 0 Å². The summed E-state index contributed by atoms with van der Waals surface area (Å²) in [6.45, 7) is 12.3. The summed E-state index contributed by atoms with van der Waals surface area (Å²) in [7, 11) is 0. The van der Waals surface area contributed by atoms with E-state index < -0.39 is 5.79 Å². The molecule has 3 fully saturated rings. The summed E-state index contributed by atoms with van der Waals surface area (Å²) >= 11 is 0. The van der Waals surface area contributed by atoms with E-state index in [2.05, 4.69) is 6.58 Å². The topological polar surface area (TPSA) is 113 Å². The first-order valence-corrected chi connectivity index (χ1v) is 15.5. The number of rotatable bonds is 19. The van der Waals surface area contributed by atoms with Gasteiger partial charge in [-0.2, -0.15) is 0 Å². The Balaban J connectivity index is 1.32. The fraction of sp³-hybridized carbons (Fsp3) is 0.812. The van der Waals surface area contributed by atoms with E-state index >= 15 is 0 Å². The number of ether oxygens (including phenoxy) is 6. The maximum Gasteiger partial charge on any atom is 0.330 e. The van der Waals surface area contributed by atoms with Crippen LogP contribution in [-0.2, 0) is 38.0 Å². The Labute approximate surface area is 245 Å². The third-order valence-electron chi connectivity index (χ3n) is 7.88. The van der Waals surface area contributed by atoms with E-state index in [1.54, 1.807) is 19.1 Å². The van der Waals surface area contributed by atoms with Crippen LogP contribution >= 0.6 is 0 Å². The minimum atomic E-state index is -0.691. The molecule has 234 valence electrons. The molecule has 9 nitrogen and oxygen atoms in total. The second-order valence-corrected chi connectivity index (χ2v) is 12.3. The van der Waals surface area contributed by atoms with Crippen LogP contribution in [0.4, 0.5) is 0 Å². The van der Waals surface area contributed by atoms with Gasteiger partial charge in [-0.05, 0) is 66.2 Å². The van der Waals surface area contributed by atoms with E-state index in [1.165, 1.54) is 0 Å². The average molecular weight is 581 g/mol. The Morgan fingerprint density at radius 3 is 2.46 bits per heavy atom. The van der Waals surface area contributed by atoms with Crippen molar-refractivity contribution in [3.8, 4) is 0 Å². The Hall–Kier alpha value is -1.78. The van der Waals surface area contributed by atoms with Crippen molar-refractivity contribution in [2.75, 3.05) is 19.8 Å². The molecule has 0 spiro atoms. The fourth-order valence-electron chi connectivity index (χ4n) is 5.72. The van der Waals surface area contributed by atoms with E-state index in [4.69, 9.17) is 28.4 Å². The molecular weight excluding hydrogens is 528 g/mol. The minimum Gasteiger partial charge on any atom is -0.463 e. The highest BCUT2D eigenvalue weighted by atomic mass is 16.8. The van der Waals surface area contributed by atoms with Crippen LogP contribution in [0.25, 0.3) is 0 Å². The highest BCUT2D eigenvalue weighted by molar-refractivity contribution is 5.82. The standard InChI is InChI=1S/C32H52O9/c1-6-16-36-28(34)13-11-9-7-8-10-12-17-37-29(35)19-22(2)18-27-31-30(40-32(4,5)41-31)24(21-38-27)20-26-25(39-26)15-14-23(3)33/h6,19,23-27,30-31,33H,1,7-18,20-21H2,2-5H3/b22-19+. The van der Waals surface area contributed by atoms with Crippen LogP contribution in [0, 0.1) is 5.92 Å². The van der Waals surface area contributed by atoms with Gasteiger partial charge in [-0.25, -0.2) is 4.79 Å². The normalized spacial score (nSPS) is 29.4. The average Bonchev–Trinajstić information content (AvgIpc) is 3.56. The first kappa shape index (κ1) is 33.7. The molecule has 0 aliphatic carbocycles. The lowest BCUT2D eigenvalue weighted by Gasteiger charge is -2.37. The Bertz CT molecular complexity index is 867. The maximum atomic E-state index is 12.4. The zero-order valence-electron chi connectivity index (χ0n) is 25.5. The number of hydrogen-bond acceptors (Lipinski definition) is 9. The monoisotopic (exact) mass is 580 g/mol. The van der Waals surface area contributed by atoms with Crippen molar-refractivity contribution < 1.29 is 43.1 Å². The van der Waals surface area contributed by atoms with Gasteiger partial charge in [0.15, 0.2) is 5.79 Å². The van der Waals surface area contributed by atoms with Gasteiger partial charge in [-0.15, -0.1) is 0 Å². The van der Waals surface area contributed by atoms with Gasteiger partial charge < -0.3 is 33.5 Å². The molecule has 3 saturated heterocycles. The highest BCUT2D eigenvalue weighted by Gasteiger charge is 2.53. The van der Waals surface area contributed by atoms with E-state index in [0.717, 1.165) is 63.4 Å². The molecule has 0 aromatic heterocycles. The number of epoxide rings is 1. The molecular formula is C32H52O9. The predicted octanol–water partition coefficient (Wildman–Crippen LogP) is 5.18. The van der Waals surface area contributed by atoms with Crippen molar-refractivity contribution in [3.05, 3.63) is 24.3 Å². The molecule has 3 heterocycles. The number of hydrogen-bond donors (Lipinski definition) is 1. The Morgan fingerprint density at radius 1 is 1.02 bits per heavy atom. The zero-order chi connectivity index (χ0) is 29.8. The molecule has 3 aliphatic heterocycles. The fourth-order valence-corrected chi connectivity index (χ4v) is 5.72. The molecule has 3 aliphatic rings. The summed E-state index contributed by atoms with van der Waals surface area (Å²) in [4.78, 5) is 23.8. The lowest BCUT2D eigenvalue weighted by atomic mass is 9.86. The van der Waals surface area contributed by atoms with Gasteiger partial charge in [0.1, 0.15) is 12.7 Å². The van der Waals surface area contributed by atoms with E-state index in [-0.39, 0.29) is 61.1 Å². The summed E-state index contributed by atoms with van der Waals surface area (Å²) in [5, 5.41) is 9.54. The third kappa shape index (κ3) is 12.2. The van der Waals surface area contributed by atoms with Crippen LogP contribution in [0.1, 0.15) is 98.3 Å². The number of carbonyl (C=O) groups excluding carboxylic acids is 2. The van der Waals surface area contributed by atoms with E-state index in [9.17, 15) is 14.7 Å². The van der Waals surface area contributed by atoms with Crippen molar-refractivity contribution in [2.24, 2.45) is 5.92 Å². The molecule has 7 atom stereocenters. The third-order valence-corrected chi connectivity index (χ3v) is 7.88. The number of aliphatic hydroxyl groups is 1. The van der Waals surface area contributed by atoms with E-state index in [0.29, 0.717) is 26.1 Å². The number of unbranched alkanes of at least 4 members (excludes halogenated alkanes) is 5. The maximum absolute atomic E-state index is 12.4. The van der Waals surface area contributed by atoms with Crippen LogP contribution in [0.5, 0.6) is 0 Å². The van der Waals surface area contributed by atoms with Crippen LogP contribution in [0.15, 0.2) is 24.3 Å². The number of aliphatic hydroxyl groups excluding tert-OH is 1. The zero-order valence-corrected chi connectivity index (χ0v) is 25.5. The molecule has 0 aromatic rings. The second-order valence-electron chi connectivity index (χ2n) is 12.3. The number of esters is 2. The number of fused-ring (bicyclic) bond motifs is 1. The van der Waals surface area contributed by atoms with Gasteiger partial charge >= 0.3 is 11.9 Å². The van der Waals surface area contributed by atoms with Crippen LogP contribution in [-0.4, -0.2) is 79.3 Å². The van der Waals surface area contributed by atoms with Gasteiger partial charge in [-0.1, -0.05) is 43.9 Å². The van der Waals surface area contributed by atoms with Gasteiger partial charge in [0.05, 0.1) is 43.7 Å². The van der Waals surface area contributed by atoms with Gasteiger partial charge in [-0.3, -0.25) is 4.79 Å². The molecule has 0 bridgehead atoms. The van der Waals surface area contributed by atoms with Crippen molar-refractivity contribution in [2.45, 2.75) is 141 Å². The summed E-state index contributed by atoms with van der Waals surface area (Å²) in [5.74, 6) is -1.02. The first-order valence-electron chi connectivity index (χ1n) is 15.5. The summed E-state index contributed by atoms with van der Waals surface area (Å²) in [6, 6.07) is 0. The predicted molar refractivity (Wildman–Crippen MR) is 154 cm³/mol. The Morgan fingerprint density at radius 2 is 1.73 bits per heavy atom. The molecule has 0 radical (unpaired) electrons. The molecule has 7 unspecified atom stereocenters. The summed E-state index contributed by atoms with van der Waals surface area (Å²) in [6.07, 6.45) is 11.9. The van der Waals surface area contributed by atoms with Crippen molar-refractivity contribution in [1.29, 1.82) is 0 Å². The van der Waals surface area contributed by atoms with Crippen molar-refractivity contribution >= 4 is 11.9 Å². The van der Waals surface area contributed by atoms with Gasteiger partial charge in [0, 0.05) is 18.4 Å². The van der Waals surface area contributed by atoms with E-state index in [1.807, 2.05) is 20.8 Å². The van der Waals surface area contributed by atoms with Gasteiger partial charge in [0.2, 0.25) is 0 Å². The quantitative estimate of drug-likeness (QED) is 0.0726. The molecule has 3 rings (SSSR count). The molecule has 1 N–H and O–H groups in total. The number of carbonyl (C=O) groups is 2. The van der Waals surface area contributed by atoms with Gasteiger partial charge in [0.25, 0.3) is 0 Å². The lowest BCUT2D eigenvalue weighted by molar-refractivity contribution is -0.153. The lowest BCUT2D eigenvalue weighted by Crippen LogP contribution is -2.48.